The molecule has 2 rings (SSSR count). The van der Waals surface area contributed by atoms with Crippen molar-refractivity contribution in [3.05, 3.63) is 58.6 Å². The van der Waals surface area contributed by atoms with Crippen molar-refractivity contribution in [2.45, 2.75) is 6.10 Å². The topological polar surface area (TPSA) is 41.5 Å². The van der Waals surface area contributed by atoms with Gasteiger partial charge in [0.25, 0.3) is 0 Å². The fourth-order valence-electron chi connectivity index (χ4n) is 1.88. The Labute approximate surface area is 126 Å². The molecule has 0 saturated carbocycles. The van der Waals surface area contributed by atoms with Crippen LogP contribution in [0.3, 0.4) is 0 Å². The lowest BCUT2D eigenvalue weighted by molar-refractivity contribution is 0.191. The Morgan fingerprint density at radius 1 is 1.29 bits per heavy atom. The molecule has 0 heterocycles. The summed E-state index contributed by atoms with van der Waals surface area (Å²) in [5.74, 6) is -0.952. The Bertz CT molecular complexity index is 614. The van der Waals surface area contributed by atoms with Crippen molar-refractivity contribution in [1.29, 1.82) is 0 Å². The molecule has 0 bridgehead atoms. The highest BCUT2D eigenvalue weighted by atomic mass is 35.5. The molecule has 6 heteroatoms. The van der Waals surface area contributed by atoms with Crippen LogP contribution >= 0.6 is 11.6 Å². The zero-order valence-electron chi connectivity index (χ0n) is 11.2. The molecular weight excluding hydrogens is 300 g/mol. The molecule has 0 amide bonds. The summed E-state index contributed by atoms with van der Waals surface area (Å²) >= 11 is 5.77. The van der Waals surface area contributed by atoms with E-state index in [0.717, 1.165) is 12.1 Å². The average molecular weight is 314 g/mol. The lowest BCUT2D eigenvalue weighted by Gasteiger charge is -2.15. The molecule has 21 heavy (non-hydrogen) atoms. The number of aliphatic hydroxyl groups excluding tert-OH is 1. The summed E-state index contributed by atoms with van der Waals surface area (Å²) in [6, 6.07) is 8.62. The van der Waals surface area contributed by atoms with Crippen LogP contribution in [0.25, 0.3) is 0 Å². The number of benzene rings is 2. The quantitative estimate of drug-likeness (QED) is 0.883. The van der Waals surface area contributed by atoms with Crippen LogP contribution < -0.4 is 10.1 Å². The molecule has 0 aliphatic heterocycles. The fourth-order valence-corrected chi connectivity index (χ4v) is 2.14. The summed E-state index contributed by atoms with van der Waals surface area (Å²) in [4.78, 5) is 0. The van der Waals surface area contributed by atoms with Gasteiger partial charge in [-0.15, -0.1) is 0 Å². The number of halogens is 3. The van der Waals surface area contributed by atoms with Crippen molar-refractivity contribution >= 4 is 17.3 Å². The molecule has 0 aromatic heterocycles. The van der Waals surface area contributed by atoms with Crippen molar-refractivity contribution in [3.63, 3.8) is 0 Å². The summed E-state index contributed by atoms with van der Waals surface area (Å²) in [5, 5.41) is 12.7. The summed E-state index contributed by atoms with van der Waals surface area (Å²) in [6.45, 7) is 0.0233. The van der Waals surface area contributed by atoms with Crippen molar-refractivity contribution in [2.75, 3.05) is 19.0 Å². The minimum atomic E-state index is -0.888. The second-order valence-electron chi connectivity index (χ2n) is 4.42. The molecule has 3 nitrogen and oxygen atoms in total. The van der Waals surface area contributed by atoms with Crippen molar-refractivity contribution in [1.82, 2.24) is 0 Å². The van der Waals surface area contributed by atoms with Gasteiger partial charge in [-0.05, 0) is 23.8 Å². The third-order valence-corrected chi connectivity index (χ3v) is 3.26. The second kappa shape index (κ2) is 6.74. The van der Waals surface area contributed by atoms with E-state index in [1.165, 1.54) is 7.11 Å². The van der Waals surface area contributed by atoms with E-state index in [2.05, 4.69) is 5.32 Å². The molecule has 0 saturated heterocycles. The van der Waals surface area contributed by atoms with Crippen LogP contribution in [-0.4, -0.2) is 18.8 Å². The van der Waals surface area contributed by atoms with E-state index in [1.807, 2.05) is 0 Å². The molecule has 1 atom stereocenters. The van der Waals surface area contributed by atoms with E-state index in [4.69, 9.17) is 16.3 Å². The van der Waals surface area contributed by atoms with Gasteiger partial charge in [0.15, 0.2) is 5.82 Å². The molecule has 0 radical (unpaired) electrons. The van der Waals surface area contributed by atoms with Gasteiger partial charge in [0, 0.05) is 12.6 Å². The number of methoxy groups -OCH3 is 1. The maximum atomic E-state index is 13.6. The Balaban J connectivity index is 2.09. The van der Waals surface area contributed by atoms with Gasteiger partial charge in [-0.1, -0.05) is 23.7 Å². The Morgan fingerprint density at radius 2 is 2.05 bits per heavy atom. The molecule has 2 aromatic rings. The maximum absolute atomic E-state index is 13.6. The molecule has 112 valence electrons. The number of nitrogens with one attached hydrogen (secondary N) is 1. The summed E-state index contributed by atoms with van der Waals surface area (Å²) < 4.78 is 31.6. The van der Waals surface area contributed by atoms with Crippen LogP contribution in [-0.2, 0) is 0 Å². The Kier molecular flexibility index (Phi) is 4.98. The van der Waals surface area contributed by atoms with E-state index in [0.29, 0.717) is 11.3 Å². The van der Waals surface area contributed by atoms with Gasteiger partial charge in [0.1, 0.15) is 11.6 Å². The minimum absolute atomic E-state index is 0.0233. The highest BCUT2D eigenvalue weighted by Crippen LogP contribution is 2.27. The summed E-state index contributed by atoms with van der Waals surface area (Å²) in [5.41, 5.74) is 0.570. The maximum Gasteiger partial charge on any atom is 0.150 e. The Morgan fingerprint density at radius 3 is 2.71 bits per heavy atom. The molecule has 0 aliphatic rings. The molecule has 0 fully saturated rings. The third-order valence-electron chi connectivity index (χ3n) is 2.96. The van der Waals surface area contributed by atoms with Crippen LogP contribution in [0.4, 0.5) is 14.5 Å². The average Bonchev–Trinajstić information content (AvgIpc) is 2.46. The Hall–Kier alpha value is -1.85. The number of rotatable bonds is 5. The predicted molar refractivity (Wildman–Crippen MR) is 77.8 cm³/mol. The van der Waals surface area contributed by atoms with Crippen LogP contribution in [0.2, 0.25) is 5.02 Å². The largest absolute Gasteiger partial charge is 0.497 e. The highest BCUT2D eigenvalue weighted by molar-refractivity contribution is 6.33. The zero-order chi connectivity index (χ0) is 15.4. The van der Waals surface area contributed by atoms with Crippen molar-refractivity contribution in [3.8, 4) is 5.75 Å². The predicted octanol–water partition coefficient (Wildman–Crippen LogP) is 3.77. The van der Waals surface area contributed by atoms with E-state index in [-0.39, 0.29) is 17.3 Å². The lowest BCUT2D eigenvalue weighted by atomic mass is 10.1. The monoisotopic (exact) mass is 313 g/mol. The zero-order valence-corrected chi connectivity index (χ0v) is 12.0. The lowest BCUT2D eigenvalue weighted by Crippen LogP contribution is -2.13. The van der Waals surface area contributed by atoms with Gasteiger partial charge in [-0.3, -0.25) is 0 Å². The second-order valence-corrected chi connectivity index (χ2v) is 4.82. The molecule has 1 unspecified atom stereocenters. The first kappa shape index (κ1) is 15.5. The summed E-state index contributed by atoms with van der Waals surface area (Å²) in [7, 11) is 1.53. The molecule has 0 aliphatic carbocycles. The van der Waals surface area contributed by atoms with Crippen molar-refractivity contribution < 1.29 is 18.6 Å². The van der Waals surface area contributed by atoms with E-state index >= 15 is 0 Å². The summed E-state index contributed by atoms with van der Waals surface area (Å²) in [6.07, 6.45) is -0.888. The number of ether oxygens (including phenoxy) is 1. The van der Waals surface area contributed by atoms with Gasteiger partial charge in [0.2, 0.25) is 0 Å². The molecule has 0 spiro atoms. The normalized spacial score (nSPS) is 12.0. The number of anilines is 1. The van der Waals surface area contributed by atoms with Gasteiger partial charge < -0.3 is 15.2 Å². The van der Waals surface area contributed by atoms with Crippen LogP contribution in [0.1, 0.15) is 11.7 Å². The van der Waals surface area contributed by atoms with E-state index < -0.39 is 17.7 Å². The molecular formula is C15H14ClF2NO2. The van der Waals surface area contributed by atoms with Gasteiger partial charge in [-0.25, -0.2) is 8.78 Å². The first-order valence-corrected chi connectivity index (χ1v) is 6.59. The SMILES string of the molecule is COc1cccc(C(O)CNc2c(F)cc(F)cc2Cl)c1. The van der Waals surface area contributed by atoms with Gasteiger partial charge in [-0.2, -0.15) is 0 Å². The van der Waals surface area contributed by atoms with E-state index in [1.54, 1.807) is 24.3 Å². The highest BCUT2D eigenvalue weighted by Gasteiger charge is 2.13. The fraction of sp³-hybridized carbons (Fsp3) is 0.200. The number of aliphatic hydroxyl groups is 1. The standard InChI is InChI=1S/C15H14ClF2NO2/c1-21-11-4-2-3-9(5-11)14(20)8-19-15-12(16)6-10(17)7-13(15)18/h2-7,14,19-20H,8H2,1H3. The van der Waals surface area contributed by atoms with Crippen LogP contribution in [0.5, 0.6) is 5.75 Å². The number of hydrogen-bond acceptors (Lipinski definition) is 3. The van der Waals surface area contributed by atoms with Crippen LogP contribution in [0, 0.1) is 11.6 Å². The van der Waals surface area contributed by atoms with E-state index in [9.17, 15) is 13.9 Å². The van der Waals surface area contributed by atoms with Gasteiger partial charge in [0.05, 0.1) is 23.9 Å². The smallest absolute Gasteiger partial charge is 0.150 e. The first-order chi connectivity index (χ1) is 10.0. The minimum Gasteiger partial charge on any atom is -0.497 e. The third kappa shape index (κ3) is 3.83. The number of hydrogen-bond donors (Lipinski definition) is 2. The molecule has 2 aromatic carbocycles. The van der Waals surface area contributed by atoms with Crippen LogP contribution in [0.15, 0.2) is 36.4 Å². The van der Waals surface area contributed by atoms with Crippen molar-refractivity contribution in [2.24, 2.45) is 0 Å². The van der Waals surface area contributed by atoms with Gasteiger partial charge >= 0.3 is 0 Å². The first-order valence-electron chi connectivity index (χ1n) is 6.21. The molecule has 2 N–H and O–H groups in total.